The average Bonchev–Trinajstić information content (AvgIpc) is 3.27. The molecule has 6 nitrogen and oxygen atoms in total. The van der Waals surface area contributed by atoms with Gasteiger partial charge in [-0.2, -0.15) is 5.10 Å². The van der Waals surface area contributed by atoms with E-state index < -0.39 is 0 Å². The van der Waals surface area contributed by atoms with E-state index >= 15 is 0 Å². The summed E-state index contributed by atoms with van der Waals surface area (Å²) in [5.74, 6) is -0.211. The van der Waals surface area contributed by atoms with Crippen LogP contribution in [0.1, 0.15) is 35.1 Å². The van der Waals surface area contributed by atoms with Crippen LogP contribution >= 0.6 is 11.3 Å². The maximum atomic E-state index is 13.0. The minimum atomic E-state index is -0.211. The quantitative estimate of drug-likeness (QED) is 0.560. The summed E-state index contributed by atoms with van der Waals surface area (Å²) >= 11 is 1.45. The standard InChI is InChI=1S/C20H19N5OS/c1-12(2)25-18-16(11-22-25)15(19(26)24-20-21-10-13(3)27-20)9-17(23-18)14-7-5-4-6-8-14/h4-12H,1-3H3,(H,21,24,26). The number of hydrogen-bond donors (Lipinski definition) is 1. The van der Waals surface area contributed by atoms with Gasteiger partial charge in [-0.05, 0) is 26.8 Å². The van der Waals surface area contributed by atoms with Crippen LogP contribution in [0.5, 0.6) is 0 Å². The highest BCUT2D eigenvalue weighted by atomic mass is 32.1. The van der Waals surface area contributed by atoms with Crippen molar-refractivity contribution in [2.24, 2.45) is 0 Å². The number of aryl methyl sites for hydroxylation is 1. The Balaban J connectivity index is 1.86. The lowest BCUT2D eigenvalue weighted by Gasteiger charge is -2.10. The summed E-state index contributed by atoms with van der Waals surface area (Å²) in [5, 5.41) is 8.65. The molecule has 0 aliphatic rings. The fraction of sp³-hybridized carbons (Fsp3) is 0.200. The summed E-state index contributed by atoms with van der Waals surface area (Å²) in [6.45, 7) is 6.04. The van der Waals surface area contributed by atoms with E-state index in [1.807, 2.05) is 61.9 Å². The summed E-state index contributed by atoms with van der Waals surface area (Å²) in [6.07, 6.45) is 3.45. The van der Waals surface area contributed by atoms with Crippen LogP contribution in [0.15, 0.2) is 48.8 Å². The highest BCUT2D eigenvalue weighted by Gasteiger charge is 2.19. The molecule has 0 atom stereocenters. The molecule has 3 aromatic heterocycles. The Morgan fingerprint density at radius 2 is 1.96 bits per heavy atom. The zero-order chi connectivity index (χ0) is 19.0. The Morgan fingerprint density at radius 1 is 1.19 bits per heavy atom. The molecule has 0 fully saturated rings. The molecule has 0 aliphatic heterocycles. The van der Waals surface area contributed by atoms with E-state index in [0.29, 0.717) is 16.3 Å². The van der Waals surface area contributed by atoms with E-state index in [1.165, 1.54) is 11.3 Å². The van der Waals surface area contributed by atoms with Gasteiger partial charge in [0, 0.05) is 22.7 Å². The van der Waals surface area contributed by atoms with Gasteiger partial charge >= 0.3 is 0 Å². The van der Waals surface area contributed by atoms with Gasteiger partial charge in [-0.1, -0.05) is 30.3 Å². The molecule has 27 heavy (non-hydrogen) atoms. The second kappa shape index (κ2) is 6.92. The lowest BCUT2D eigenvalue weighted by molar-refractivity contribution is 0.102. The van der Waals surface area contributed by atoms with Crippen molar-refractivity contribution in [2.45, 2.75) is 26.8 Å². The molecule has 1 amide bonds. The number of aromatic nitrogens is 4. The molecule has 0 unspecified atom stereocenters. The smallest absolute Gasteiger partial charge is 0.258 e. The molecule has 1 N–H and O–H groups in total. The lowest BCUT2D eigenvalue weighted by Crippen LogP contribution is -2.13. The summed E-state index contributed by atoms with van der Waals surface area (Å²) in [6, 6.07) is 11.8. The number of hydrogen-bond acceptors (Lipinski definition) is 5. The maximum Gasteiger partial charge on any atom is 0.258 e. The predicted octanol–water partition coefficient (Wildman–Crippen LogP) is 4.70. The summed E-state index contributed by atoms with van der Waals surface area (Å²) in [7, 11) is 0. The topological polar surface area (TPSA) is 72.7 Å². The van der Waals surface area contributed by atoms with E-state index in [9.17, 15) is 4.79 Å². The van der Waals surface area contributed by atoms with Crippen LogP contribution < -0.4 is 5.32 Å². The van der Waals surface area contributed by atoms with Gasteiger partial charge in [-0.25, -0.2) is 14.6 Å². The van der Waals surface area contributed by atoms with Gasteiger partial charge in [0.2, 0.25) is 0 Å². The fourth-order valence-electron chi connectivity index (χ4n) is 2.92. The van der Waals surface area contributed by atoms with E-state index in [2.05, 4.69) is 15.4 Å². The Bertz CT molecular complexity index is 1110. The third kappa shape index (κ3) is 3.33. The van der Waals surface area contributed by atoms with E-state index in [4.69, 9.17) is 4.98 Å². The van der Waals surface area contributed by atoms with Crippen molar-refractivity contribution in [3.05, 3.63) is 59.2 Å². The summed E-state index contributed by atoms with van der Waals surface area (Å²) in [4.78, 5) is 23.0. The second-order valence-electron chi connectivity index (χ2n) is 6.57. The second-order valence-corrected chi connectivity index (χ2v) is 7.81. The number of fused-ring (bicyclic) bond motifs is 1. The fourth-order valence-corrected chi connectivity index (χ4v) is 3.58. The Morgan fingerprint density at radius 3 is 2.63 bits per heavy atom. The number of anilines is 1. The van der Waals surface area contributed by atoms with Crippen molar-refractivity contribution in [1.29, 1.82) is 0 Å². The molecule has 0 saturated heterocycles. The number of amides is 1. The molecule has 0 aliphatic carbocycles. The van der Waals surface area contributed by atoms with Crippen molar-refractivity contribution < 1.29 is 4.79 Å². The first-order valence-corrected chi connectivity index (χ1v) is 9.52. The molecular formula is C20H19N5OS. The molecule has 4 aromatic rings. The van der Waals surface area contributed by atoms with Crippen LogP contribution in [0.2, 0.25) is 0 Å². The van der Waals surface area contributed by atoms with Gasteiger partial charge in [0.1, 0.15) is 0 Å². The normalized spacial score (nSPS) is 11.3. The maximum absolute atomic E-state index is 13.0. The Kier molecular flexibility index (Phi) is 4.45. The number of carbonyl (C=O) groups is 1. The average molecular weight is 377 g/mol. The Labute approximate surface area is 160 Å². The molecule has 7 heteroatoms. The van der Waals surface area contributed by atoms with E-state index in [1.54, 1.807) is 12.4 Å². The van der Waals surface area contributed by atoms with Crippen molar-refractivity contribution in [2.75, 3.05) is 5.32 Å². The minimum absolute atomic E-state index is 0.138. The molecule has 136 valence electrons. The van der Waals surface area contributed by atoms with Gasteiger partial charge < -0.3 is 0 Å². The van der Waals surface area contributed by atoms with Crippen LogP contribution in [0.25, 0.3) is 22.3 Å². The van der Waals surface area contributed by atoms with Gasteiger partial charge in [-0.15, -0.1) is 11.3 Å². The van der Waals surface area contributed by atoms with Crippen LogP contribution in [0.4, 0.5) is 5.13 Å². The highest BCUT2D eigenvalue weighted by Crippen LogP contribution is 2.27. The number of benzene rings is 1. The van der Waals surface area contributed by atoms with E-state index in [-0.39, 0.29) is 11.9 Å². The van der Waals surface area contributed by atoms with Crippen molar-refractivity contribution >= 4 is 33.4 Å². The monoisotopic (exact) mass is 377 g/mol. The number of carbonyl (C=O) groups excluding carboxylic acids is 1. The minimum Gasteiger partial charge on any atom is -0.298 e. The number of nitrogens with one attached hydrogen (secondary N) is 1. The summed E-state index contributed by atoms with van der Waals surface area (Å²) in [5.41, 5.74) is 2.94. The number of nitrogens with zero attached hydrogens (tertiary/aromatic N) is 4. The largest absolute Gasteiger partial charge is 0.298 e. The highest BCUT2D eigenvalue weighted by molar-refractivity contribution is 7.15. The van der Waals surface area contributed by atoms with Gasteiger partial charge in [0.15, 0.2) is 10.8 Å². The van der Waals surface area contributed by atoms with Crippen molar-refractivity contribution in [3.8, 4) is 11.3 Å². The molecule has 0 saturated carbocycles. The first-order chi connectivity index (χ1) is 13.0. The molecule has 0 spiro atoms. The van der Waals surface area contributed by atoms with Crippen LogP contribution in [0, 0.1) is 6.92 Å². The summed E-state index contributed by atoms with van der Waals surface area (Å²) < 4.78 is 1.84. The zero-order valence-electron chi connectivity index (χ0n) is 15.3. The van der Waals surface area contributed by atoms with Gasteiger partial charge in [0.05, 0.1) is 22.8 Å². The van der Waals surface area contributed by atoms with Gasteiger partial charge in [-0.3, -0.25) is 10.1 Å². The number of rotatable bonds is 4. The molecule has 3 heterocycles. The molecule has 4 rings (SSSR count). The lowest BCUT2D eigenvalue weighted by atomic mass is 10.1. The van der Waals surface area contributed by atoms with E-state index in [0.717, 1.165) is 21.5 Å². The molecule has 0 bridgehead atoms. The third-order valence-corrected chi connectivity index (χ3v) is 5.04. The van der Waals surface area contributed by atoms with Crippen LogP contribution in [-0.2, 0) is 0 Å². The molecule has 1 aromatic carbocycles. The van der Waals surface area contributed by atoms with Crippen LogP contribution in [-0.4, -0.2) is 25.7 Å². The third-order valence-electron chi connectivity index (χ3n) is 4.21. The predicted molar refractivity (Wildman–Crippen MR) is 108 cm³/mol. The van der Waals surface area contributed by atoms with Crippen molar-refractivity contribution in [3.63, 3.8) is 0 Å². The first kappa shape index (κ1) is 17.4. The zero-order valence-corrected chi connectivity index (χ0v) is 16.1. The van der Waals surface area contributed by atoms with Crippen LogP contribution in [0.3, 0.4) is 0 Å². The Hall–Kier alpha value is -3.06. The first-order valence-electron chi connectivity index (χ1n) is 8.70. The number of pyridine rings is 1. The SMILES string of the molecule is Cc1cnc(NC(=O)c2cc(-c3ccccc3)nc3c2cnn3C(C)C)s1. The molecule has 0 radical (unpaired) electrons. The number of thiazole rings is 1. The molecular weight excluding hydrogens is 358 g/mol. The van der Waals surface area contributed by atoms with Gasteiger partial charge in [0.25, 0.3) is 5.91 Å². The van der Waals surface area contributed by atoms with Crippen molar-refractivity contribution in [1.82, 2.24) is 19.7 Å².